The molecule has 0 fully saturated rings. The number of rotatable bonds is 1. The van der Waals surface area contributed by atoms with E-state index in [4.69, 9.17) is 15.8 Å². The van der Waals surface area contributed by atoms with E-state index in [1.54, 1.807) is 6.07 Å². The third-order valence-corrected chi connectivity index (χ3v) is 3.21. The zero-order chi connectivity index (χ0) is 10.3. The summed E-state index contributed by atoms with van der Waals surface area (Å²) in [6.45, 7) is 0. The van der Waals surface area contributed by atoms with Gasteiger partial charge in [-0.1, -0.05) is 0 Å². The van der Waals surface area contributed by atoms with Crippen LogP contribution < -0.4 is 0 Å². The molecule has 4 nitrogen and oxygen atoms in total. The van der Waals surface area contributed by atoms with E-state index in [0.717, 1.165) is 0 Å². The van der Waals surface area contributed by atoms with Gasteiger partial charge in [0.1, 0.15) is 0 Å². The Kier molecular flexibility index (Phi) is 1.94. The minimum absolute atomic E-state index is 0.0101. The van der Waals surface area contributed by atoms with Gasteiger partial charge >= 0.3 is 0 Å². The fourth-order valence-electron chi connectivity index (χ4n) is 1.25. The molecule has 0 aliphatic carbocycles. The van der Waals surface area contributed by atoms with Crippen LogP contribution in [0.1, 0.15) is 0 Å². The van der Waals surface area contributed by atoms with Gasteiger partial charge < -0.3 is 10.1 Å². The molecule has 0 radical (unpaired) electrons. The number of nitrogens with one attached hydrogen (secondary N) is 1. The van der Waals surface area contributed by atoms with Crippen molar-refractivity contribution in [2.24, 2.45) is 0 Å². The third-order valence-electron chi connectivity index (χ3n) is 1.86. The van der Waals surface area contributed by atoms with E-state index in [9.17, 15) is 8.42 Å². The molecule has 0 atom stereocenters. The number of benzene rings is 1. The maximum Gasteiger partial charge on any atom is 0.261 e. The van der Waals surface area contributed by atoms with Crippen molar-refractivity contribution in [3.05, 3.63) is 24.3 Å². The van der Waals surface area contributed by atoms with E-state index in [1.165, 1.54) is 18.2 Å². The van der Waals surface area contributed by atoms with Gasteiger partial charge in [0, 0.05) is 27.7 Å². The van der Waals surface area contributed by atoms with Crippen LogP contribution in [0.2, 0.25) is 0 Å². The van der Waals surface area contributed by atoms with Crippen LogP contribution in [0.25, 0.3) is 10.9 Å². The van der Waals surface area contributed by atoms with Gasteiger partial charge in [0.15, 0.2) is 5.88 Å². The molecule has 0 aliphatic heterocycles. The first kappa shape index (κ1) is 9.36. The summed E-state index contributed by atoms with van der Waals surface area (Å²) in [6.07, 6.45) is 0. The van der Waals surface area contributed by atoms with E-state index in [0.29, 0.717) is 10.9 Å². The molecule has 0 unspecified atom stereocenters. The van der Waals surface area contributed by atoms with Crippen molar-refractivity contribution in [2.45, 2.75) is 4.90 Å². The van der Waals surface area contributed by atoms with Gasteiger partial charge in [0.25, 0.3) is 9.05 Å². The van der Waals surface area contributed by atoms with Gasteiger partial charge in [0.2, 0.25) is 0 Å². The Hall–Kier alpha value is -1.20. The number of fused-ring (bicyclic) bond motifs is 1. The Labute approximate surface area is 84.5 Å². The highest BCUT2D eigenvalue weighted by Gasteiger charge is 2.10. The van der Waals surface area contributed by atoms with Gasteiger partial charge in [-0.2, -0.15) is 0 Å². The van der Waals surface area contributed by atoms with Crippen LogP contribution >= 0.6 is 10.7 Å². The van der Waals surface area contributed by atoms with E-state index >= 15 is 0 Å². The molecule has 0 amide bonds. The van der Waals surface area contributed by atoms with E-state index < -0.39 is 9.05 Å². The molecule has 1 heterocycles. The normalized spacial score (nSPS) is 12.1. The first-order valence-corrected chi connectivity index (χ1v) is 6.04. The van der Waals surface area contributed by atoms with Gasteiger partial charge in [-0.05, 0) is 18.2 Å². The predicted molar refractivity (Wildman–Crippen MR) is 53.0 cm³/mol. The van der Waals surface area contributed by atoms with Crippen LogP contribution in [0, 0.1) is 0 Å². The molecule has 2 N–H and O–H groups in total. The van der Waals surface area contributed by atoms with Crippen molar-refractivity contribution in [3.8, 4) is 5.88 Å². The zero-order valence-electron chi connectivity index (χ0n) is 6.86. The maximum absolute atomic E-state index is 11.0. The van der Waals surface area contributed by atoms with Gasteiger partial charge in [-0.3, -0.25) is 0 Å². The Balaban J connectivity index is 2.74. The Morgan fingerprint density at radius 1 is 1.29 bits per heavy atom. The number of H-pyrrole nitrogens is 1. The van der Waals surface area contributed by atoms with Crippen LogP contribution in [-0.2, 0) is 9.05 Å². The SMILES string of the molecule is O=S(=O)(Cl)c1ccc2[nH]c(O)cc2c1. The van der Waals surface area contributed by atoms with Crippen LogP contribution in [0.4, 0.5) is 0 Å². The number of hydrogen-bond donors (Lipinski definition) is 2. The first-order chi connectivity index (χ1) is 6.47. The van der Waals surface area contributed by atoms with Crippen LogP contribution in [0.5, 0.6) is 5.88 Å². The fraction of sp³-hybridized carbons (Fsp3) is 0. The highest BCUT2D eigenvalue weighted by molar-refractivity contribution is 8.13. The molecule has 2 rings (SSSR count). The lowest BCUT2D eigenvalue weighted by Crippen LogP contribution is -1.88. The second-order valence-electron chi connectivity index (χ2n) is 2.84. The van der Waals surface area contributed by atoms with Gasteiger partial charge in [-0.25, -0.2) is 8.42 Å². The van der Waals surface area contributed by atoms with Crippen LogP contribution in [0.15, 0.2) is 29.2 Å². The van der Waals surface area contributed by atoms with Crippen molar-refractivity contribution >= 4 is 30.6 Å². The second kappa shape index (κ2) is 2.90. The summed E-state index contributed by atoms with van der Waals surface area (Å²) in [5, 5.41) is 9.71. The summed E-state index contributed by atoms with van der Waals surface area (Å²) in [6, 6.07) is 5.75. The van der Waals surface area contributed by atoms with E-state index in [-0.39, 0.29) is 10.8 Å². The third kappa shape index (κ3) is 1.56. The molecule has 0 saturated carbocycles. The molecule has 0 bridgehead atoms. The molecule has 1 aromatic carbocycles. The van der Waals surface area contributed by atoms with Crippen molar-refractivity contribution in [3.63, 3.8) is 0 Å². The standard InChI is InChI=1S/C8H6ClNO3S/c9-14(12,13)6-1-2-7-5(3-6)4-8(11)10-7/h1-4,10-11H. The molecule has 74 valence electrons. The molecule has 0 aliphatic rings. The monoisotopic (exact) mass is 231 g/mol. The molecule has 14 heavy (non-hydrogen) atoms. The summed E-state index contributed by atoms with van der Waals surface area (Å²) in [7, 11) is 1.46. The lowest BCUT2D eigenvalue weighted by molar-refractivity contribution is 0.458. The number of aromatic hydroxyl groups is 1. The minimum Gasteiger partial charge on any atom is -0.495 e. The lowest BCUT2D eigenvalue weighted by atomic mass is 10.2. The summed E-state index contributed by atoms with van der Waals surface area (Å²) >= 11 is 0. The highest BCUT2D eigenvalue weighted by Crippen LogP contribution is 2.24. The van der Waals surface area contributed by atoms with Crippen molar-refractivity contribution in [1.82, 2.24) is 4.98 Å². The average molecular weight is 232 g/mol. The fourth-order valence-corrected chi connectivity index (χ4v) is 2.03. The largest absolute Gasteiger partial charge is 0.495 e. The molecule has 1 aromatic heterocycles. The first-order valence-electron chi connectivity index (χ1n) is 3.73. The summed E-state index contributed by atoms with van der Waals surface area (Å²) in [5.74, 6) is -0.0101. The predicted octanol–water partition coefficient (Wildman–Crippen LogP) is 1.80. The number of aromatic nitrogens is 1. The summed E-state index contributed by atoms with van der Waals surface area (Å²) in [4.78, 5) is 2.67. The van der Waals surface area contributed by atoms with Crippen LogP contribution in [0.3, 0.4) is 0 Å². The highest BCUT2D eigenvalue weighted by atomic mass is 35.7. The van der Waals surface area contributed by atoms with Crippen molar-refractivity contribution in [1.29, 1.82) is 0 Å². The lowest BCUT2D eigenvalue weighted by Gasteiger charge is -1.94. The second-order valence-corrected chi connectivity index (χ2v) is 5.41. The Morgan fingerprint density at radius 2 is 2.00 bits per heavy atom. The number of hydrogen-bond acceptors (Lipinski definition) is 3. The molecule has 2 aromatic rings. The van der Waals surface area contributed by atoms with Crippen molar-refractivity contribution in [2.75, 3.05) is 0 Å². The smallest absolute Gasteiger partial charge is 0.261 e. The van der Waals surface area contributed by atoms with Crippen LogP contribution in [-0.4, -0.2) is 18.5 Å². The molecular formula is C8H6ClNO3S. The molecule has 0 saturated heterocycles. The average Bonchev–Trinajstić information content (AvgIpc) is 2.41. The zero-order valence-corrected chi connectivity index (χ0v) is 8.43. The Morgan fingerprint density at radius 3 is 2.64 bits per heavy atom. The molecule has 0 spiro atoms. The molecule has 6 heteroatoms. The maximum atomic E-state index is 11.0. The minimum atomic E-state index is -3.71. The van der Waals surface area contributed by atoms with Gasteiger partial charge in [0.05, 0.1) is 4.90 Å². The summed E-state index contributed by atoms with van der Waals surface area (Å²) < 4.78 is 22.0. The summed E-state index contributed by atoms with van der Waals surface area (Å²) in [5.41, 5.74) is 0.659. The molecular weight excluding hydrogens is 226 g/mol. The number of halogens is 1. The van der Waals surface area contributed by atoms with Gasteiger partial charge in [-0.15, -0.1) is 0 Å². The number of aromatic amines is 1. The topological polar surface area (TPSA) is 70.2 Å². The van der Waals surface area contributed by atoms with Crippen molar-refractivity contribution < 1.29 is 13.5 Å². The van der Waals surface area contributed by atoms with E-state index in [1.807, 2.05) is 0 Å². The Bertz CT molecular complexity index is 588. The quantitative estimate of drug-likeness (QED) is 0.736. The van der Waals surface area contributed by atoms with E-state index in [2.05, 4.69) is 4.98 Å².